The maximum atomic E-state index is 14.7. The van der Waals surface area contributed by atoms with E-state index in [1.54, 1.807) is 0 Å². The highest BCUT2D eigenvalue weighted by Gasteiger charge is 2.70. The van der Waals surface area contributed by atoms with E-state index in [-0.39, 0.29) is 52.2 Å². The molecule has 0 spiro atoms. The Morgan fingerprint density at radius 3 is 2.14 bits per heavy atom. The molecule has 14 heteroatoms. The van der Waals surface area contributed by atoms with E-state index in [0.29, 0.717) is 38.0 Å². The van der Waals surface area contributed by atoms with Crippen LogP contribution in [0, 0.1) is 50.2 Å². The second kappa shape index (κ2) is 14.5. The molecule has 2 aliphatic heterocycles. The summed E-state index contributed by atoms with van der Waals surface area (Å²) in [6.45, 7) is 12.8. The molecule has 7 aliphatic rings. The lowest BCUT2D eigenvalue weighted by Gasteiger charge is -2.71. The molecule has 6 fully saturated rings. The Balaban J connectivity index is 1.19. The third kappa shape index (κ3) is 6.09. The van der Waals surface area contributed by atoms with Gasteiger partial charge in [0.2, 0.25) is 6.29 Å². The smallest absolute Gasteiger partial charge is 0.315 e. The Labute approximate surface area is 329 Å². The van der Waals surface area contributed by atoms with Gasteiger partial charge in [-0.15, -0.1) is 0 Å². The van der Waals surface area contributed by atoms with Crippen LogP contribution in [0.3, 0.4) is 0 Å². The summed E-state index contributed by atoms with van der Waals surface area (Å²) in [4.78, 5) is 28.0. The monoisotopic (exact) mass is 794 g/mol. The number of ether oxygens (including phenoxy) is 5. The molecule has 0 amide bonds. The quantitative estimate of drug-likeness (QED) is 0.116. The summed E-state index contributed by atoms with van der Waals surface area (Å²) in [5, 5.41) is 72.5. The first-order valence-corrected chi connectivity index (χ1v) is 20.8. The van der Waals surface area contributed by atoms with Gasteiger partial charge in [0.15, 0.2) is 6.29 Å². The summed E-state index contributed by atoms with van der Waals surface area (Å²) in [6, 6.07) is 0. The number of carbonyl (C=O) groups is 2. The largest absolute Gasteiger partial charge is 0.469 e. The van der Waals surface area contributed by atoms with Crippen LogP contribution in [0.4, 0.5) is 0 Å². The second-order valence-electron chi connectivity index (χ2n) is 20.1. The first-order chi connectivity index (χ1) is 26.1. The zero-order chi connectivity index (χ0) is 41.0. The van der Waals surface area contributed by atoms with Crippen LogP contribution < -0.4 is 0 Å². The van der Waals surface area contributed by atoms with Crippen molar-refractivity contribution >= 4 is 11.9 Å². The summed E-state index contributed by atoms with van der Waals surface area (Å²) in [5.74, 6) is -0.724. The predicted octanol–water partition coefficient (Wildman–Crippen LogP) is 2.11. The van der Waals surface area contributed by atoms with Gasteiger partial charge in [-0.25, -0.2) is 0 Å². The first-order valence-electron chi connectivity index (χ1n) is 20.8. The van der Waals surface area contributed by atoms with Crippen molar-refractivity contribution in [3.63, 3.8) is 0 Å². The summed E-state index contributed by atoms with van der Waals surface area (Å²) >= 11 is 0. The average molecular weight is 795 g/mol. The zero-order valence-corrected chi connectivity index (χ0v) is 34.1. The third-order valence-electron chi connectivity index (χ3n) is 17.3. The molecule has 318 valence electrons. The summed E-state index contributed by atoms with van der Waals surface area (Å²) in [7, 11) is 1.39. The van der Waals surface area contributed by atoms with Gasteiger partial charge in [0, 0.05) is 0 Å². The number of methoxy groups -OCH3 is 1. The number of aliphatic hydroxyl groups excluding tert-OH is 7. The number of carbonyl (C=O) groups excluding carboxylic acids is 2. The molecule has 0 radical (unpaired) electrons. The van der Waals surface area contributed by atoms with Gasteiger partial charge in [0.25, 0.3) is 0 Å². The Kier molecular flexibility index (Phi) is 11.0. The highest BCUT2D eigenvalue weighted by Crippen LogP contribution is 2.76. The van der Waals surface area contributed by atoms with Crippen LogP contribution in [0.25, 0.3) is 0 Å². The number of hydrogen-bond acceptors (Lipinski definition) is 14. The Morgan fingerprint density at radius 2 is 1.46 bits per heavy atom. The van der Waals surface area contributed by atoms with E-state index in [0.717, 1.165) is 37.7 Å². The molecule has 2 saturated heterocycles. The molecule has 4 saturated carbocycles. The van der Waals surface area contributed by atoms with Gasteiger partial charge in [0.1, 0.15) is 42.7 Å². The molecular formula is C42H66O14. The van der Waals surface area contributed by atoms with Crippen molar-refractivity contribution in [1.29, 1.82) is 0 Å². The molecule has 14 nitrogen and oxygen atoms in total. The molecule has 0 aromatic heterocycles. The van der Waals surface area contributed by atoms with E-state index in [1.165, 1.54) is 7.11 Å². The highest BCUT2D eigenvalue weighted by molar-refractivity contribution is 5.81. The molecule has 0 bridgehead atoms. The maximum Gasteiger partial charge on any atom is 0.315 e. The van der Waals surface area contributed by atoms with Crippen LogP contribution in [0.5, 0.6) is 0 Å². The van der Waals surface area contributed by atoms with Gasteiger partial charge in [0.05, 0.1) is 37.3 Å². The minimum atomic E-state index is -1.72. The van der Waals surface area contributed by atoms with Gasteiger partial charge in [-0.2, -0.15) is 0 Å². The van der Waals surface area contributed by atoms with Gasteiger partial charge < -0.3 is 59.4 Å². The minimum Gasteiger partial charge on any atom is -0.469 e. The number of hydrogen-bond donors (Lipinski definition) is 7. The molecule has 7 N–H and O–H groups in total. The van der Waals surface area contributed by atoms with Crippen molar-refractivity contribution in [3.05, 3.63) is 11.6 Å². The fourth-order valence-electron chi connectivity index (χ4n) is 13.5. The summed E-state index contributed by atoms with van der Waals surface area (Å²) in [6.07, 6.45) is -4.05. The molecule has 0 aromatic rings. The van der Waals surface area contributed by atoms with Gasteiger partial charge in [-0.1, -0.05) is 46.3 Å². The number of fused-ring (bicyclic) bond motifs is 7. The maximum absolute atomic E-state index is 14.7. The standard InChI is InChI=1S/C42H66O14/c1-37(2)25-10-13-41(6)26(39(25,4)12-11-27(37)55-33-31(48)28(45)23(44)20-53-33)9-8-21-22-18-38(3,35(50)52-7)14-16-42(22,17-15-40(21,41)5)36(51)56-34-32(49)30(47)29(46)24(19-43)54-34/h8,22-34,43-49H,9-20H2,1-7H3. The van der Waals surface area contributed by atoms with Crippen LogP contribution in [0.2, 0.25) is 0 Å². The fourth-order valence-corrected chi connectivity index (χ4v) is 13.5. The minimum absolute atomic E-state index is 0.0766. The Hall–Kier alpha value is -1.72. The molecule has 18 unspecified atom stereocenters. The SMILES string of the molecule is COC(=O)C1(C)CCC2(C(=O)OC3OC(CO)C(O)C(O)C3O)CCC3(C)C(=CCC4C5(C)CCC(OC6OCC(O)C(O)C6O)C(C)(C)C5CCC43C)C2C1. The molecule has 18 atom stereocenters. The van der Waals surface area contributed by atoms with E-state index in [9.17, 15) is 45.3 Å². The van der Waals surface area contributed by atoms with E-state index >= 15 is 0 Å². The van der Waals surface area contributed by atoms with Crippen LogP contribution >= 0.6 is 0 Å². The first kappa shape index (κ1) is 42.4. The molecule has 0 aromatic carbocycles. The van der Waals surface area contributed by atoms with Crippen LogP contribution in [0.15, 0.2) is 11.6 Å². The number of allylic oxidation sites excluding steroid dienone is 2. The molecule has 7 rings (SSSR count). The van der Waals surface area contributed by atoms with Crippen molar-refractivity contribution in [3.8, 4) is 0 Å². The van der Waals surface area contributed by atoms with Crippen molar-refractivity contribution in [2.45, 2.75) is 167 Å². The lowest BCUT2D eigenvalue weighted by molar-refractivity contribution is -0.308. The third-order valence-corrected chi connectivity index (χ3v) is 17.3. The van der Waals surface area contributed by atoms with Gasteiger partial charge in [-0.3, -0.25) is 9.59 Å². The second-order valence-corrected chi connectivity index (χ2v) is 20.1. The van der Waals surface area contributed by atoms with Crippen LogP contribution in [-0.2, 0) is 33.3 Å². The highest BCUT2D eigenvalue weighted by atomic mass is 16.7. The average Bonchev–Trinajstić information content (AvgIpc) is 3.15. The van der Waals surface area contributed by atoms with E-state index in [4.69, 9.17) is 23.7 Å². The number of rotatable bonds is 6. The van der Waals surface area contributed by atoms with Crippen molar-refractivity contribution in [2.24, 2.45) is 50.2 Å². The molecular weight excluding hydrogens is 728 g/mol. The van der Waals surface area contributed by atoms with Crippen LogP contribution in [0.1, 0.15) is 106 Å². The normalized spacial score (nSPS) is 52.6. The number of esters is 2. The van der Waals surface area contributed by atoms with Crippen molar-refractivity contribution in [1.82, 2.24) is 0 Å². The van der Waals surface area contributed by atoms with E-state index in [1.807, 2.05) is 6.92 Å². The zero-order valence-electron chi connectivity index (χ0n) is 34.1. The van der Waals surface area contributed by atoms with Crippen molar-refractivity contribution in [2.75, 3.05) is 20.3 Å². The van der Waals surface area contributed by atoms with Gasteiger partial charge >= 0.3 is 11.9 Å². The topological polar surface area (TPSA) is 222 Å². The Bertz CT molecular complexity index is 1550. The molecule has 5 aliphatic carbocycles. The molecule has 56 heavy (non-hydrogen) atoms. The Morgan fingerprint density at radius 1 is 0.786 bits per heavy atom. The number of aliphatic hydroxyl groups is 7. The summed E-state index contributed by atoms with van der Waals surface area (Å²) in [5.41, 5.74) is -1.61. The van der Waals surface area contributed by atoms with E-state index < -0.39 is 78.7 Å². The van der Waals surface area contributed by atoms with Crippen molar-refractivity contribution < 1.29 is 69.0 Å². The fraction of sp³-hybridized carbons (Fsp3) is 0.905. The van der Waals surface area contributed by atoms with Gasteiger partial charge in [-0.05, 0) is 111 Å². The lowest BCUT2D eigenvalue weighted by Crippen LogP contribution is -2.66. The summed E-state index contributed by atoms with van der Waals surface area (Å²) < 4.78 is 29.0. The lowest BCUT2D eigenvalue weighted by atomic mass is 9.33. The van der Waals surface area contributed by atoms with E-state index in [2.05, 4.69) is 40.7 Å². The predicted molar refractivity (Wildman–Crippen MR) is 198 cm³/mol. The van der Waals surface area contributed by atoms with Crippen LogP contribution in [-0.4, -0.2) is 129 Å². The molecule has 2 heterocycles.